The van der Waals surface area contributed by atoms with Gasteiger partial charge in [-0.25, -0.2) is 0 Å². The summed E-state index contributed by atoms with van der Waals surface area (Å²) in [6.45, 7) is 1.70. The molecule has 2 rings (SSSR count). The average molecular weight is 277 g/mol. The maximum atomic E-state index is 12.0. The molecule has 1 amide bonds. The van der Waals surface area contributed by atoms with Gasteiger partial charge in [0.2, 0.25) is 0 Å². The first-order chi connectivity index (χ1) is 9.60. The highest BCUT2D eigenvalue weighted by Gasteiger charge is 2.33. The average Bonchev–Trinajstić information content (AvgIpc) is 3.27. The van der Waals surface area contributed by atoms with Crippen LogP contribution >= 0.6 is 0 Å². The van der Waals surface area contributed by atoms with Gasteiger partial charge in [-0.2, -0.15) is 0 Å². The van der Waals surface area contributed by atoms with Crippen LogP contribution in [0, 0.1) is 0 Å². The van der Waals surface area contributed by atoms with E-state index in [4.69, 9.17) is 9.84 Å². The Labute approximate surface area is 118 Å². The summed E-state index contributed by atoms with van der Waals surface area (Å²) < 4.78 is 5.42. The Hall–Kier alpha value is -2.04. The molecule has 20 heavy (non-hydrogen) atoms. The number of benzene rings is 1. The lowest BCUT2D eigenvalue weighted by Crippen LogP contribution is -2.40. The normalized spacial score (nSPS) is 13.8. The molecule has 0 heterocycles. The number of aryl methyl sites for hydroxylation is 1. The lowest BCUT2D eigenvalue weighted by atomic mass is 10.2. The lowest BCUT2D eigenvalue weighted by molar-refractivity contribution is -0.145. The molecule has 108 valence electrons. The number of carbonyl (C=O) groups is 2. The molecule has 0 atom stereocenters. The van der Waals surface area contributed by atoms with Gasteiger partial charge >= 0.3 is 5.97 Å². The SMILES string of the molecule is CCc1ccc(OCC(=O)N(CC(=O)O)C2CC2)cc1. The fraction of sp³-hybridized carbons (Fsp3) is 0.467. The number of nitrogens with zero attached hydrogens (tertiary/aromatic N) is 1. The Kier molecular flexibility index (Phi) is 4.61. The largest absolute Gasteiger partial charge is 0.484 e. The van der Waals surface area contributed by atoms with E-state index in [9.17, 15) is 9.59 Å². The molecule has 1 aromatic rings. The number of hydrogen-bond donors (Lipinski definition) is 1. The maximum absolute atomic E-state index is 12.0. The van der Waals surface area contributed by atoms with E-state index in [1.165, 1.54) is 10.5 Å². The van der Waals surface area contributed by atoms with Crippen LogP contribution in [0.15, 0.2) is 24.3 Å². The summed E-state index contributed by atoms with van der Waals surface area (Å²) in [6.07, 6.45) is 2.71. The molecule has 0 radical (unpaired) electrons. The van der Waals surface area contributed by atoms with Crippen LogP contribution in [0.2, 0.25) is 0 Å². The van der Waals surface area contributed by atoms with Crippen molar-refractivity contribution in [2.45, 2.75) is 32.2 Å². The smallest absolute Gasteiger partial charge is 0.323 e. The van der Waals surface area contributed by atoms with Crippen LogP contribution in [-0.2, 0) is 16.0 Å². The summed E-state index contributed by atoms with van der Waals surface area (Å²) in [5.41, 5.74) is 1.20. The summed E-state index contributed by atoms with van der Waals surface area (Å²) in [5.74, 6) is -0.631. The number of aliphatic carboxylic acids is 1. The predicted octanol–water partition coefficient (Wildman–Crippen LogP) is 1.70. The molecule has 5 nitrogen and oxygen atoms in total. The fourth-order valence-corrected chi connectivity index (χ4v) is 2.00. The Morgan fingerprint density at radius 1 is 1.30 bits per heavy atom. The van der Waals surface area contributed by atoms with Gasteiger partial charge in [0.25, 0.3) is 5.91 Å². The molecule has 1 fully saturated rings. The van der Waals surface area contributed by atoms with Crippen molar-refractivity contribution in [3.63, 3.8) is 0 Å². The van der Waals surface area contributed by atoms with Crippen molar-refractivity contribution in [3.05, 3.63) is 29.8 Å². The van der Waals surface area contributed by atoms with Crippen molar-refractivity contribution >= 4 is 11.9 Å². The van der Waals surface area contributed by atoms with Crippen LogP contribution in [-0.4, -0.2) is 41.1 Å². The number of rotatable bonds is 7. The van der Waals surface area contributed by atoms with E-state index in [1.807, 2.05) is 24.3 Å². The van der Waals surface area contributed by atoms with Crippen molar-refractivity contribution < 1.29 is 19.4 Å². The van der Waals surface area contributed by atoms with Gasteiger partial charge in [0, 0.05) is 6.04 Å². The van der Waals surface area contributed by atoms with Crippen molar-refractivity contribution in [2.24, 2.45) is 0 Å². The van der Waals surface area contributed by atoms with Gasteiger partial charge in [0.15, 0.2) is 6.61 Å². The van der Waals surface area contributed by atoms with Gasteiger partial charge in [-0.1, -0.05) is 19.1 Å². The van der Waals surface area contributed by atoms with Gasteiger partial charge in [-0.3, -0.25) is 9.59 Å². The number of carboxylic acid groups (broad SMARTS) is 1. The topological polar surface area (TPSA) is 66.8 Å². The van der Waals surface area contributed by atoms with Crippen LogP contribution in [0.1, 0.15) is 25.3 Å². The molecule has 1 saturated carbocycles. The molecule has 1 aromatic carbocycles. The van der Waals surface area contributed by atoms with Gasteiger partial charge in [-0.05, 0) is 37.0 Å². The monoisotopic (exact) mass is 277 g/mol. The number of ether oxygens (including phenoxy) is 1. The second-order valence-electron chi connectivity index (χ2n) is 4.93. The molecular formula is C15H19NO4. The quantitative estimate of drug-likeness (QED) is 0.823. The summed E-state index contributed by atoms with van der Waals surface area (Å²) in [4.78, 5) is 24.1. The number of carboxylic acids is 1. The van der Waals surface area contributed by atoms with Crippen LogP contribution in [0.4, 0.5) is 0 Å². The number of amides is 1. The highest BCUT2D eigenvalue weighted by molar-refractivity contribution is 5.83. The van der Waals surface area contributed by atoms with Crippen molar-refractivity contribution in [1.29, 1.82) is 0 Å². The third-order valence-corrected chi connectivity index (χ3v) is 3.31. The zero-order chi connectivity index (χ0) is 14.5. The van der Waals surface area contributed by atoms with E-state index < -0.39 is 5.97 Å². The highest BCUT2D eigenvalue weighted by Crippen LogP contribution is 2.26. The summed E-state index contributed by atoms with van der Waals surface area (Å²) in [6, 6.07) is 7.63. The van der Waals surface area contributed by atoms with Crippen LogP contribution in [0.25, 0.3) is 0 Å². The standard InChI is InChI=1S/C15H19NO4/c1-2-11-3-7-13(8-4-11)20-10-14(17)16(9-15(18)19)12-5-6-12/h3-4,7-8,12H,2,5-6,9-10H2,1H3,(H,18,19). The summed E-state index contributed by atoms with van der Waals surface area (Å²) in [7, 11) is 0. The maximum Gasteiger partial charge on any atom is 0.323 e. The third kappa shape index (κ3) is 3.98. The van der Waals surface area contributed by atoms with Crippen molar-refractivity contribution in [1.82, 2.24) is 4.90 Å². The van der Waals surface area contributed by atoms with Gasteiger partial charge < -0.3 is 14.7 Å². The Morgan fingerprint density at radius 2 is 1.95 bits per heavy atom. The lowest BCUT2D eigenvalue weighted by Gasteiger charge is -2.20. The highest BCUT2D eigenvalue weighted by atomic mass is 16.5. The molecule has 1 aliphatic rings. The van der Waals surface area contributed by atoms with E-state index in [-0.39, 0.29) is 25.1 Å². The molecule has 0 unspecified atom stereocenters. The van der Waals surface area contributed by atoms with Crippen LogP contribution in [0.3, 0.4) is 0 Å². The van der Waals surface area contributed by atoms with Crippen molar-refractivity contribution in [2.75, 3.05) is 13.2 Å². The fourth-order valence-electron chi connectivity index (χ4n) is 2.00. The second-order valence-corrected chi connectivity index (χ2v) is 4.93. The van der Waals surface area contributed by atoms with Gasteiger partial charge in [0.1, 0.15) is 12.3 Å². The molecule has 0 aliphatic heterocycles. The molecular weight excluding hydrogens is 258 g/mol. The van der Waals surface area contributed by atoms with Crippen molar-refractivity contribution in [3.8, 4) is 5.75 Å². The van der Waals surface area contributed by atoms with E-state index in [0.717, 1.165) is 19.3 Å². The Balaban J connectivity index is 1.87. The zero-order valence-corrected chi connectivity index (χ0v) is 11.5. The first-order valence-electron chi connectivity index (χ1n) is 6.83. The first kappa shape index (κ1) is 14.4. The molecule has 0 spiro atoms. The Bertz CT molecular complexity index is 479. The van der Waals surface area contributed by atoms with E-state index in [0.29, 0.717) is 5.75 Å². The zero-order valence-electron chi connectivity index (χ0n) is 11.5. The second kappa shape index (κ2) is 6.41. The molecule has 0 saturated heterocycles. The molecule has 0 aromatic heterocycles. The van der Waals surface area contributed by atoms with Gasteiger partial charge in [0.05, 0.1) is 0 Å². The molecule has 1 N–H and O–H groups in total. The van der Waals surface area contributed by atoms with Crippen LogP contribution < -0.4 is 4.74 Å². The number of hydrogen-bond acceptors (Lipinski definition) is 3. The molecule has 1 aliphatic carbocycles. The van der Waals surface area contributed by atoms with E-state index >= 15 is 0 Å². The predicted molar refractivity (Wildman–Crippen MR) is 73.7 cm³/mol. The third-order valence-electron chi connectivity index (χ3n) is 3.31. The summed E-state index contributed by atoms with van der Waals surface area (Å²) in [5, 5.41) is 8.82. The minimum Gasteiger partial charge on any atom is -0.484 e. The molecule has 0 bridgehead atoms. The summed E-state index contributed by atoms with van der Waals surface area (Å²) >= 11 is 0. The van der Waals surface area contributed by atoms with Gasteiger partial charge in [-0.15, -0.1) is 0 Å². The first-order valence-corrected chi connectivity index (χ1v) is 6.83. The van der Waals surface area contributed by atoms with Crippen LogP contribution in [0.5, 0.6) is 5.75 Å². The minimum atomic E-state index is -0.988. The number of carbonyl (C=O) groups excluding carboxylic acids is 1. The molecule has 5 heteroatoms. The van der Waals surface area contributed by atoms with E-state index in [1.54, 1.807) is 0 Å². The minimum absolute atomic E-state index is 0.0738. The van der Waals surface area contributed by atoms with E-state index in [2.05, 4.69) is 6.92 Å². The Morgan fingerprint density at radius 3 is 2.45 bits per heavy atom.